The molecule has 4 heterocycles. The lowest BCUT2D eigenvalue weighted by Crippen LogP contribution is -2.24. The molecule has 15 heteroatoms. The van der Waals surface area contributed by atoms with Gasteiger partial charge in [-0.2, -0.15) is 22.2 Å². The summed E-state index contributed by atoms with van der Waals surface area (Å²) in [5.41, 5.74) is 3.31. The first-order valence-electron chi connectivity index (χ1n) is 12.1. The summed E-state index contributed by atoms with van der Waals surface area (Å²) in [7, 11) is 0. The van der Waals surface area contributed by atoms with Crippen molar-refractivity contribution < 1.29 is 22.0 Å². The molecule has 0 saturated carbocycles. The maximum Gasteiger partial charge on any atom is 0.421 e. The van der Waals surface area contributed by atoms with Crippen molar-refractivity contribution in [2.75, 3.05) is 5.73 Å². The third kappa shape index (κ3) is 4.43. The Morgan fingerprint density at radius 3 is 2.59 bits per heavy atom. The first kappa shape index (κ1) is 26.6. The van der Waals surface area contributed by atoms with Crippen LogP contribution in [0.1, 0.15) is 42.4 Å². The molecule has 3 aromatic heterocycles. The second-order valence-corrected chi connectivity index (χ2v) is 10.1. The summed E-state index contributed by atoms with van der Waals surface area (Å²) in [5.74, 6) is -3.13. The molecule has 210 valence electrons. The van der Waals surface area contributed by atoms with Gasteiger partial charge in [-0.1, -0.05) is 18.5 Å². The lowest BCUT2D eigenvalue weighted by Gasteiger charge is -2.15. The van der Waals surface area contributed by atoms with Gasteiger partial charge in [-0.3, -0.25) is 4.79 Å². The first-order chi connectivity index (χ1) is 19.4. The van der Waals surface area contributed by atoms with E-state index in [1.165, 1.54) is 21.6 Å². The van der Waals surface area contributed by atoms with Crippen molar-refractivity contribution in [2.24, 2.45) is 0 Å². The van der Waals surface area contributed by atoms with Gasteiger partial charge in [-0.15, -0.1) is 5.10 Å². The largest absolute Gasteiger partial charge is 0.421 e. The van der Waals surface area contributed by atoms with Crippen molar-refractivity contribution in [3.63, 3.8) is 0 Å². The molecule has 41 heavy (non-hydrogen) atoms. The van der Waals surface area contributed by atoms with Gasteiger partial charge in [-0.25, -0.2) is 9.37 Å². The number of halogens is 6. The van der Waals surface area contributed by atoms with Crippen LogP contribution < -0.4 is 11.3 Å². The topological polar surface area (TPSA) is 120 Å². The summed E-state index contributed by atoms with van der Waals surface area (Å²) >= 11 is 6.25. The first-order valence-corrected chi connectivity index (χ1v) is 12.5. The Morgan fingerprint density at radius 1 is 1.10 bits per heavy atom. The monoisotopic (exact) mass is 588 g/mol. The molecule has 0 saturated heterocycles. The van der Waals surface area contributed by atoms with Crippen LogP contribution in [0.25, 0.3) is 28.1 Å². The molecule has 0 bridgehead atoms. The molecule has 5 aromatic rings. The highest BCUT2D eigenvalue weighted by Gasteiger charge is 2.39. The van der Waals surface area contributed by atoms with E-state index in [2.05, 4.69) is 25.5 Å². The van der Waals surface area contributed by atoms with E-state index in [9.17, 15) is 22.4 Å². The standard InChI is InChI=1S/C26H18ClF5N8O/c1-11-6-19(25-35-23(24(29)36-25)14-3-4-16(33)21(22(14)28)26(30,31)32)40-18(11)7-12(8-20(40)41)15-9-13(27)2-5-17(15)39-10-34-37-38-39/h2-5,7-11,19H,6,33H2,1H3,(H,35,36)/t11-,19+/m1/s1. The summed E-state index contributed by atoms with van der Waals surface area (Å²) in [6, 6.07) is 9.19. The zero-order valence-electron chi connectivity index (χ0n) is 20.9. The van der Waals surface area contributed by atoms with Crippen molar-refractivity contribution in [3.8, 4) is 28.1 Å². The van der Waals surface area contributed by atoms with Gasteiger partial charge in [-0.05, 0) is 64.7 Å². The Kier molecular flexibility index (Phi) is 6.17. The van der Waals surface area contributed by atoms with Crippen LogP contribution in [0.5, 0.6) is 0 Å². The Morgan fingerprint density at radius 2 is 1.88 bits per heavy atom. The summed E-state index contributed by atoms with van der Waals surface area (Å²) in [6.45, 7) is 1.87. The summed E-state index contributed by atoms with van der Waals surface area (Å²) in [4.78, 5) is 20.0. The Balaban J connectivity index is 1.44. The minimum atomic E-state index is -5.10. The smallest absolute Gasteiger partial charge is 0.398 e. The number of nitrogens with one attached hydrogen (secondary N) is 1. The average molecular weight is 589 g/mol. The number of anilines is 1. The molecule has 0 fully saturated rings. The molecule has 0 spiro atoms. The van der Waals surface area contributed by atoms with Crippen LogP contribution in [0.4, 0.5) is 27.6 Å². The predicted octanol–water partition coefficient (Wildman–Crippen LogP) is 5.51. The van der Waals surface area contributed by atoms with Crippen molar-refractivity contribution >= 4 is 17.3 Å². The second kappa shape index (κ2) is 9.51. The molecule has 6 rings (SSSR count). The normalized spacial score (nSPS) is 16.8. The van der Waals surface area contributed by atoms with E-state index < -0.39 is 52.1 Å². The number of hydrogen-bond donors (Lipinski definition) is 2. The number of rotatable bonds is 4. The number of benzene rings is 2. The Hall–Kier alpha value is -4.59. The van der Waals surface area contributed by atoms with Crippen LogP contribution in [-0.2, 0) is 6.18 Å². The molecule has 0 amide bonds. The number of H-pyrrole nitrogens is 1. The fourth-order valence-electron chi connectivity index (χ4n) is 5.24. The fraction of sp³-hybridized carbons (Fsp3) is 0.192. The van der Waals surface area contributed by atoms with E-state index in [-0.39, 0.29) is 11.7 Å². The van der Waals surface area contributed by atoms with Crippen LogP contribution in [0.15, 0.2) is 53.6 Å². The maximum absolute atomic E-state index is 15.0. The second-order valence-electron chi connectivity index (χ2n) is 9.62. The fourth-order valence-corrected chi connectivity index (χ4v) is 5.41. The molecular weight excluding hydrogens is 571 g/mol. The van der Waals surface area contributed by atoms with E-state index in [1.54, 1.807) is 24.3 Å². The number of imidazole rings is 1. The number of aromatic amines is 1. The molecule has 9 nitrogen and oxygen atoms in total. The van der Waals surface area contributed by atoms with Gasteiger partial charge in [0.2, 0.25) is 5.95 Å². The average Bonchev–Trinajstić information content (AvgIpc) is 3.63. The third-order valence-electron chi connectivity index (χ3n) is 7.06. The van der Waals surface area contributed by atoms with E-state index in [0.717, 1.165) is 12.1 Å². The highest BCUT2D eigenvalue weighted by molar-refractivity contribution is 6.31. The van der Waals surface area contributed by atoms with Crippen molar-refractivity contribution in [3.05, 3.63) is 93.0 Å². The number of nitrogen functional groups attached to an aromatic ring is 1. The van der Waals surface area contributed by atoms with E-state index >= 15 is 4.39 Å². The maximum atomic E-state index is 15.0. The van der Waals surface area contributed by atoms with Crippen LogP contribution in [0.2, 0.25) is 5.02 Å². The lowest BCUT2D eigenvalue weighted by molar-refractivity contribution is -0.139. The minimum absolute atomic E-state index is 0.0418. The zero-order chi connectivity index (χ0) is 29.2. The number of nitrogens with zero attached hydrogens (tertiary/aromatic N) is 6. The highest BCUT2D eigenvalue weighted by atomic mass is 35.5. The number of fused-ring (bicyclic) bond motifs is 1. The van der Waals surface area contributed by atoms with Crippen LogP contribution >= 0.6 is 11.6 Å². The molecule has 2 atom stereocenters. The van der Waals surface area contributed by atoms with Gasteiger partial charge in [0.1, 0.15) is 29.2 Å². The highest BCUT2D eigenvalue weighted by Crippen LogP contribution is 2.42. The zero-order valence-corrected chi connectivity index (χ0v) is 21.7. The van der Waals surface area contributed by atoms with Gasteiger partial charge in [0, 0.05) is 33.6 Å². The van der Waals surface area contributed by atoms with Crippen molar-refractivity contribution in [2.45, 2.75) is 31.5 Å². The van der Waals surface area contributed by atoms with Gasteiger partial charge in [0.15, 0.2) is 0 Å². The van der Waals surface area contributed by atoms with Crippen molar-refractivity contribution in [1.82, 2.24) is 34.7 Å². The van der Waals surface area contributed by atoms with Crippen LogP contribution in [0, 0.1) is 11.8 Å². The molecular formula is C26H18ClF5N8O. The summed E-state index contributed by atoms with van der Waals surface area (Å²) in [5, 5.41) is 11.6. The minimum Gasteiger partial charge on any atom is -0.398 e. The van der Waals surface area contributed by atoms with Gasteiger partial charge >= 0.3 is 6.18 Å². The molecule has 0 unspecified atom stereocenters. The Bertz CT molecular complexity index is 1870. The lowest BCUT2D eigenvalue weighted by atomic mass is 9.99. The molecule has 1 aliphatic heterocycles. The number of nitrogens with two attached hydrogens (primary N) is 1. The molecule has 1 aliphatic rings. The number of hydrogen-bond acceptors (Lipinski definition) is 6. The van der Waals surface area contributed by atoms with Crippen LogP contribution in [0.3, 0.4) is 0 Å². The number of pyridine rings is 1. The van der Waals surface area contributed by atoms with E-state index in [4.69, 9.17) is 17.3 Å². The van der Waals surface area contributed by atoms with Gasteiger partial charge in [0.05, 0.1) is 11.7 Å². The Labute approximate surface area is 232 Å². The molecule has 2 aromatic carbocycles. The SMILES string of the molecule is C[C@@H]1C[C@@H](c2nc(-c3ccc(N)c(C(F)(F)F)c3F)c(F)[nH]2)n2c1cc(-c1cc(Cl)ccc1-n1cnnn1)cc2=O. The number of aromatic nitrogens is 7. The molecule has 0 radical (unpaired) electrons. The van der Waals surface area contributed by atoms with Crippen molar-refractivity contribution in [1.29, 1.82) is 0 Å². The van der Waals surface area contributed by atoms with Gasteiger partial charge < -0.3 is 15.3 Å². The third-order valence-corrected chi connectivity index (χ3v) is 7.30. The quantitative estimate of drug-likeness (QED) is 0.211. The summed E-state index contributed by atoms with van der Waals surface area (Å²) in [6.07, 6.45) is -3.38. The predicted molar refractivity (Wildman–Crippen MR) is 138 cm³/mol. The van der Waals surface area contributed by atoms with Crippen LogP contribution in [-0.4, -0.2) is 34.7 Å². The van der Waals surface area contributed by atoms with E-state index in [0.29, 0.717) is 34.0 Å². The summed E-state index contributed by atoms with van der Waals surface area (Å²) < 4.78 is 73.0. The molecule has 3 N–H and O–H groups in total. The van der Waals surface area contributed by atoms with Gasteiger partial charge in [0.25, 0.3) is 5.56 Å². The number of tetrazole rings is 1. The van der Waals surface area contributed by atoms with E-state index in [1.807, 2.05) is 6.92 Å². The number of alkyl halides is 3. The molecule has 0 aliphatic carbocycles.